The van der Waals surface area contributed by atoms with E-state index in [1.165, 1.54) is 18.3 Å². The summed E-state index contributed by atoms with van der Waals surface area (Å²) < 4.78 is 39.5. The number of nitrogens with two attached hydrogens (primary N) is 1. The van der Waals surface area contributed by atoms with E-state index in [0.717, 1.165) is 29.7 Å². The molecule has 1 amide bonds. The molecule has 1 atom stereocenters. The molecule has 10 heteroatoms. The van der Waals surface area contributed by atoms with Gasteiger partial charge in [0, 0.05) is 6.54 Å². The van der Waals surface area contributed by atoms with E-state index < -0.39 is 23.2 Å². The third-order valence-corrected chi connectivity index (χ3v) is 4.47. The van der Waals surface area contributed by atoms with E-state index in [4.69, 9.17) is 5.73 Å². The summed E-state index contributed by atoms with van der Waals surface area (Å²) in [6.45, 7) is 2.17. The SMILES string of the molecule is CC(CN)(NC(=O)c1cn(-c2cccc(C(F)(F)F)c2)nn1)C1CC1.Cl. The average molecular weight is 390 g/mol. The van der Waals surface area contributed by atoms with Gasteiger partial charge in [-0.05, 0) is 43.9 Å². The molecule has 0 radical (unpaired) electrons. The number of amides is 1. The molecule has 2 aromatic rings. The van der Waals surface area contributed by atoms with E-state index in [2.05, 4.69) is 15.6 Å². The molecule has 1 fully saturated rings. The van der Waals surface area contributed by atoms with Crippen LogP contribution in [0.2, 0.25) is 0 Å². The van der Waals surface area contributed by atoms with Gasteiger partial charge in [0.15, 0.2) is 5.69 Å². The van der Waals surface area contributed by atoms with Crippen LogP contribution >= 0.6 is 12.4 Å². The predicted molar refractivity (Wildman–Crippen MR) is 91.3 cm³/mol. The Morgan fingerprint density at radius 1 is 1.38 bits per heavy atom. The lowest BCUT2D eigenvalue weighted by Gasteiger charge is -2.28. The van der Waals surface area contributed by atoms with Crippen LogP contribution in [0.15, 0.2) is 30.5 Å². The van der Waals surface area contributed by atoms with Crippen molar-refractivity contribution in [2.75, 3.05) is 6.54 Å². The highest BCUT2D eigenvalue weighted by atomic mass is 35.5. The molecular weight excluding hydrogens is 371 g/mol. The van der Waals surface area contributed by atoms with Crippen molar-refractivity contribution in [2.24, 2.45) is 11.7 Å². The monoisotopic (exact) mass is 389 g/mol. The molecule has 0 aliphatic heterocycles. The van der Waals surface area contributed by atoms with Crippen LogP contribution < -0.4 is 11.1 Å². The number of nitrogens with zero attached hydrogens (tertiary/aromatic N) is 3. The molecule has 142 valence electrons. The Kier molecular flexibility index (Phi) is 5.62. The Labute approximate surface area is 154 Å². The molecule has 1 unspecified atom stereocenters. The van der Waals surface area contributed by atoms with Crippen molar-refractivity contribution >= 4 is 18.3 Å². The van der Waals surface area contributed by atoms with Gasteiger partial charge in [0.1, 0.15) is 0 Å². The van der Waals surface area contributed by atoms with E-state index in [-0.39, 0.29) is 23.8 Å². The Bertz CT molecular complexity index is 790. The van der Waals surface area contributed by atoms with Crippen LogP contribution in [0.4, 0.5) is 13.2 Å². The van der Waals surface area contributed by atoms with Gasteiger partial charge in [-0.25, -0.2) is 4.68 Å². The molecule has 1 aliphatic rings. The summed E-state index contributed by atoms with van der Waals surface area (Å²) in [6, 6.07) is 4.65. The van der Waals surface area contributed by atoms with Gasteiger partial charge in [0.25, 0.3) is 5.91 Å². The van der Waals surface area contributed by atoms with Gasteiger partial charge >= 0.3 is 6.18 Å². The molecule has 1 saturated carbocycles. The van der Waals surface area contributed by atoms with E-state index in [1.54, 1.807) is 0 Å². The fourth-order valence-electron chi connectivity index (χ4n) is 2.68. The minimum atomic E-state index is -4.45. The molecule has 0 saturated heterocycles. The lowest BCUT2D eigenvalue weighted by atomic mass is 9.96. The number of benzene rings is 1. The molecule has 1 aliphatic carbocycles. The van der Waals surface area contributed by atoms with Gasteiger partial charge in [0.2, 0.25) is 0 Å². The second kappa shape index (κ2) is 7.24. The van der Waals surface area contributed by atoms with Crippen molar-refractivity contribution in [1.29, 1.82) is 0 Å². The number of hydrogen-bond acceptors (Lipinski definition) is 4. The van der Waals surface area contributed by atoms with Crippen molar-refractivity contribution in [3.63, 3.8) is 0 Å². The van der Waals surface area contributed by atoms with E-state index in [9.17, 15) is 18.0 Å². The maximum Gasteiger partial charge on any atom is 0.416 e. The van der Waals surface area contributed by atoms with Crippen LogP contribution in [0.25, 0.3) is 5.69 Å². The Hall–Kier alpha value is -2.13. The maximum atomic E-state index is 12.8. The van der Waals surface area contributed by atoms with Crippen LogP contribution in [0.1, 0.15) is 35.8 Å². The number of hydrogen-bond donors (Lipinski definition) is 2. The molecule has 3 N–H and O–H groups in total. The van der Waals surface area contributed by atoms with Gasteiger partial charge in [-0.15, -0.1) is 17.5 Å². The van der Waals surface area contributed by atoms with Gasteiger partial charge < -0.3 is 11.1 Å². The lowest BCUT2D eigenvalue weighted by Crippen LogP contribution is -2.53. The number of halogens is 4. The second-order valence-corrected chi connectivity index (χ2v) is 6.45. The topological polar surface area (TPSA) is 85.8 Å². The molecule has 1 aromatic carbocycles. The van der Waals surface area contributed by atoms with Crippen molar-refractivity contribution in [1.82, 2.24) is 20.3 Å². The minimum Gasteiger partial charge on any atom is -0.344 e. The highest BCUT2D eigenvalue weighted by Crippen LogP contribution is 2.39. The Balaban J connectivity index is 0.00000243. The normalized spacial score (nSPS) is 16.5. The van der Waals surface area contributed by atoms with Crippen molar-refractivity contribution in [2.45, 2.75) is 31.5 Å². The zero-order valence-corrected chi connectivity index (χ0v) is 14.8. The summed E-state index contributed by atoms with van der Waals surface area (Å²) in [4.78, 5) is 12.4. The predicted octanol–water partition coefficient (Wildman–Crippen LogP) is 2.57. The number of rotatable bonds is 5. The van der Waals surface area contributed by atoms with Gasteiger partial charge in [-0.3, -0.25) is 4.79 Å². The van der Waals surface area contributed by atoms with Gasteiger partial charge in [0.05, 0.1) is 23.0 Å². The van der Waals surface area contributed by atoms with E-state index >= 15 is 0 Å². The highest BCUT2D eigenvalue weighted by molar-refractivity contribution is 5.92. The van der Waals surface area contributed by atoms with Gasteiger partial charge in [-0.2, -0.15) is 13.2 Å². The molecule has 1 heterocycles. The fourth-order valence-corrected chi connectivity index (χ4v) is 2.68. The van der Waals surface area contributed by atoms with Crippen LogP contribution in [0, 0.1) is 5.92 Å². The second-order valence-electron chi connectivity index (χ2n) is 6.45. The number of carbonyl (C=O) groups is 1. The van der Waals surface area contributed by atoms with Crippen molar-refractivity contribution in [3.05, 3.63) is 41.7 Å². The average Bonchev–Trinajstić information content (AvgIpc) is 3.31. The first kappa shape index (κ1) is 20.2. The molecule has 3 rings (SSSR count). The van der Waals surface area contributed by atoms with Crippen molar-refractivity contribution in [3.8, 4) is 5.69 Å². The highest BCUT2D eigenvalue weighted by Gasteiger charge is 2.42. The smallest absolute Gasteiger partial charge is 0.344 e. The first-order chi connectivity index (χ1) is 11.7. The van der Waals surface area contributed by atoms with E-state index in [1.807, 2.05) is 6.92 Å². The summed E-state index contributed by atoms with van der Waals surface area (Å²) >= 11 is 0. The van der Waals surface area contributed by atoms with Crippen LogP contribution in [0.3, 0.4) is 0 Å². The summed E-state index contributed by atoms with van der Waals surface area (Å²) in [7, 11) is 0. The number of carbonyl (C=O) groups excluding carboxylic acids is 1. The number of aromatic nitrogens is 3. The number of alkyl halides is 3. The zero-order valence-electron chi connectivity index (χ0n) is 14.0. The first-order valence-electron chi connectivity index (χ1n) is 7.85. The molecule has 0 bridgehead atoms. The molecule has 26 heavy (non-hydrogen) atoms. The third-order valence-electron chi connectivity index (χ3n) is 4.47. The molecule has 1 aromatic heterocycles. The molecular formula is C16H19ClF3N5O. The largest absolute Gasteiger partial charge is 0.416 e. The Morgan fingerprint density at radius 3 is 2.65 bits per heavy atom. The third kappa shape index (κ3) is 4.16. The summed E-state index contributed by atoms with van der Waals surface area (Å²) in [5.41, 5.74) is 4.65. The summed E-state index contributed by atoms with van der Waals surface area (Å²) in [6.07, 6.45) is -1.14. The summed E-state index contributed by atoms with van der Waals surface area (Å²) in [5, 5.41) is 10.4. The fraction of sp³-hybridized carbons (Fsp3) is 0.438. The lowest BCUT2D eigenvalue weighted by molar-refractivity contribution is -0.137. The Morgan fingerprint density at radius 2 is 2.08 bits per heavy atom. The number of nitrogens with one attached hydrogen (secondary N) is 1. The summed E-state index contributed by atoms with van der Waals surface area (Å²) in [5.74, 6) is -0.113. The quantitative estimate of drug-likeness (QED) is 0.823. The zero-order chi connectivity index (χ0) is 18.2. The minimum absolute atomic E-state index is 0. The molecule has 0 spiro atoms. The van der Waals surface area contributed by atoms with Crippen LogP contribution in [-0.2, 0) is 6.18 Å². The van der Waals surface area contributed by atoms with Crippen LogP contribution in [-0.4, -0.2) is 33.0 Å². The van der Waals surface area contributed by atoms with Crippen LogP contribution in [0.5, 0.6) is 0 Å². The standard InChI is InChI=1S/C16H18F3N5O.ClH/c1-15(9-20,10-5-6-10)21-14(25)13-8-24(23-22-13)12-4-2-3-11(7-12)16(17,18)19;/h2-4,7-8,10H,5-6,9,20H2,1H3,(H,21,25);1H. The van der Waals surface area contributed by atoms with E-state index in [0.29, 0.717) is 12.5 Å². The first-order valence-corrected chi connectivity index (χ1v) is 7.85. The van der Waals surface area contributed by atoms with Gasteiger partial charge in [-0.1, -0.05) is 11.3 Å². The van der Waals surface area contributed by atoms with Crippen molar-refractivity contribution < 1.29 is 18.0 Å². The molecule has 6 nitrogen and oxygen atoms in total. The maximum absolute atomic E-state index is 12.8.